The first-order chi connectivity index (χ1) is 11.8. The van der Waals surface area contributed by atoms with Crippen LogP contribution in [0.5, 0.6) is 0 Å². The predicted octanol–water partition coefficient (Wildman–Crippen LogP) is 3.44. The van der Waals surface area contributed by atoms with Crippen molar-refractivity contribution in [3.8, 4) is 0 Å². The van der Waals surface area contributed by atoms with E-state index in [0.717, 1.165) is 49.1 Å². The Labute approximate surface area is 151 Å². The number of hydrogen-bond acceptors (Lipinski definition) is 6. The predicted molar refractivity (Wildman–Crippen MR) is 103 cm³/mol. The molecular formula is C18H21N3OS2. The highest BCUT2D eigenvalue weighted by Gasteiger charge is 2.25. The second kappa shape index (κ2) is 7.33. The number of aliphatic imine (C=N–C) groups is 1. The monoisotopic (exact) mass is 359 g/mol. The Hall–Kier alpha value is -1.24. The number of para-hydroxylation sites is 1. The summed E-state index contributed by atoms with van der Waals surface area (Å²) in [4.78, 5) is 11.9. The van der Waals surface area contributed by atoms with Gasteiger partial charge in [0, 0.05) is 29.5 Å². The molecule has 3 heterocycles. The lowest BCUT2D eigenvalue weighted by molar-refractivity contribution is 0.0693. The zero-order valence-corrected chi connectivity index (χ0v) is 15.4. The summed E-state index contributed by atoms with van der Waals surface area (Å²) in [5.74, 6) is 1.05. The first kappa shape index (κ1) is 16.2. The maximum Gasteiger partial charge on any atom is 0.159 e. The number of hydrogen-bond donors (Lipinski definition) is 0. The molecule has 1 saturated heterocycles. The SMILES string of the molecule is Cc1cc(SC[C@H]2CN=C(N3CCOCC3)S2)nc2ccccc12. The highest BCUT2D eigenvalue weighted by Crippen LogP contribution is 2.30. The number of benzene rings is 1. The Morgan fingerprint density at radius 3 is 3.00 bits per heavy atom. The van der Waals surface area contributed by atoms with Crippen LogP contribution in [0.15, 0.2) is 40.4 Å². The van der Waals surface area contributed by atoms with E-state index in [1.54, 1.807) is 0 Å². The van der Waals surface area contributed by atoms with Gasteiger partial charge in [0.05, 0.1) is 30.3 Å². The Bertz CT molecular complexity index is 759. The molecule has 0 radical (unpaired) electrons. The largest absolute Gasteiger partial charge is 0.378 e. The number of rotatable bonds is 3. The van der Waals surface area contributed by atoms with Gasteiger partial charge in [0.1, 0.15) is 0 Å². The van der Waals surface area contributed by atoms with E-state index in [1.165, 1.54) is 16.1 Å². The van der Waals surface area contributed by atoms with Crippen molar-refractivity contribution in [3.05, 3.63) is 35.9 Å². The molecule has 4 rings (SSSR count). The molecule has 2 aliphatic rings. The molecule has 4 nitrogen and oxygen atoms in total. The standard InChI is InChI=1S/C18H21N3OS2/c1-13-10-17(20-16-5-3-2-4-15(13)16)23-12-14-11-19-18(24-14)21-6-8-22-9-7-21/h2-5,10,14H,6-9,11-12H2,1H3/t14-/m1/s1. The van der Waals surface area contributed by atoms with E-state index in [1.807, 2.05) is 23.5 Å². The van der Waals surface area contributed by atoms with Crippen LogP contribution in [-0.2, 0) is 4.74 Å². The number of pyridine rings is 1. The van der Waals surface area contributed by atoms with Crippen LogP contribution in [0.1, 0.15) is 5.56 Å². The molecule has 0 amide bonds. The van der Waals surface area contributed by atoms with E-state index in [0.29, 0.717) is 5.25 Å². The molecule has 0 bridgehead atoms. The Balaban J connectivity index is 1.36. The zero-order chi connectivity index (χ0) is 16.4. The molecule has 0 unspecified atom stereocenters. The van der Waals surface area contributed by atoms with E-state index in [9.17, 15) is 0 Å². The first-order valence-corrected chi connectivity index (χ1v) is 10.2. The topological polar surface area (TPSA) is 37.7 Å². The number of morpholine rings is 1. The number of nitrogens with zero attached hydrogens (tertiary/aromatic N) is 3. The van der Waals surface area contributed by atoms with Gasteiger partial charge in [-0.2, -0.15) is 0 Å². The van der Waals surface area contributed by atoms with Gasteiger partial charge in [0.2, 0.25) is 0 Å². The van der Waals surface area contributed by atoms with Gasteiger partial charge in [0.15, 0.2) is 5.17 Å². The molecule has 24 heavy (non-hydrogen) atoms. The summed E-state index contributed by atoms with van der Waals surface area (Å²) in [6.45, 7) is 6.65. The smallest absolute Gasteiger partial charge is 0.159 e. The van der Waals surface area contributed by atoms with Crippen LogP contribution in [0.25, 0.3) is 10.9 Å². The third-order valence-corrected chi connectivity index (χ3v) is 6.83. The van der Waals surface area contributed by atoms with E-state index >= 15 is 0 Å². The van der Waals surface area contributed by atoms with Gasteiger partial charge in [-0.05, 0) is 24.6 Å². The van der Waals surface area contributed by atoms with Gasteiger partial charge in [0.25, 0.3) is 0 Å². The molecule has 1 aromatic heterocycles. The molecule has 6 heteroatoms. The van der Waals surface area contributed by atoms with Crippen molar-refractivity contribution in [2.24, 2.45) is 4.99 Å². The van der Waals surface area contributed by atoms with E-state index in [4.69, 9.17) is 14.7 Å². The molecule has 1 fully saturated rings. The molecule has 1 aromatic carbocycles. The molecular weight excluding hydrogens is 338 g/mol. The maximum absolute atomic E-state index is 5.42. The summed E-state index contributed by atoms with van der Waals surface area (Å²) in [6, 6.07) is 10.6. The summed E-state index contributed by atoms with van der Waals surface area (Å²) in [5, 5.41) is 4.11. The number of fused-ring (bicyclic) bond motifs is 1. The fourth-order valence-electron chi connectivity index (χ4n) is 2.99. The van der Waals surface area contributed by atoms with Crippen molar-refractivity contribution in [2.75, 3.05) is 38.6 Å². The number of thioether (sulfide) groups is 2. The second-order valence-electron chi connectivity index (χ2n) is 6.07. The number of ether oxygens (including phenoxy) is 1. The summed E-state index contributed by atoms with van der Waals surface area (Å²) in [6.07, 6.45) is 0. The fraction of sp³-hybridized carbons (Fsp3) is 0.444. The van der Waals surface area contributed by atoms with Crippen LogP contribution >= 0.6 is 23.5 Å². The molecule has 0 spiro atoms. The number of amidine groups is 1. The zero-order valence-electron chi connectivity index (χ0n) is 13.8. The average molecular weight is 360 g/mol. The lowest BCUT2D eigenvalue weighted by atomic mass is 10.1. The van der Waals surface area contributed by atoms with Crippen molar-refractivity contribution in [3.63, 3.8) is 0 Å². The minimum atomic E-state index is 0.543. The van der Waals surface area contributed by atoms with Crippen molar-refractivity contribution in [1.82, 2.24) is 9.88 Å². The van der Waals surface area contributed by atoms with Crippen molar-refractivity contribution in [1.29, 1.82) is 0 Å². The third-order valence-electron chi connectivity index (χ3n) is 4.30. The normalized spacial score (nSPS) is 21.3. The van der Waals surface area contributed by atoms with Crippen molar-refractivity contribution < 1.29 is 4.74 Å². The highest BCUT2D eigenvalue weighted by atomic mass is 32.2. The highest BCUT2D eigenvalue weighted by molar-refractivity contribution is 8.15. The van der Waals surface area contributed by atoms with Gasteiger partial charge in [-0.3, -0.25) is 4.99 Å². The Kier molecular flexibility index (Phi) is 4.96. The first-order valence-electron chi connectivity index (χ1n) is 8.32. The van der Waals surface area contributed by atoms with Crippen LogP contribution < -0.4 is 0 Å². The molecule has 2 aliphatic heterocycles. The van der Waals surface area contributed by atoms with Gasteiger partial charge in [-0.1, -0.05) is 30.0 Å². The van der Waals surface area contributed by atoms with Gasteiger partial charge >= 0.3 is 0 Å². The van der Waals surface area contributed by atoms with Crippen LogP contribution in [0.2, 0.25) is 0 Å². The minimum absolute atomic E-state index is 0.543. The molecule has 0 saturated carbocycles. The summed E-state index contributed by atoms with van der Waals surface area (Å²) in [5.41, 5.74) is 2.39. The molecule has 0 N–H and O–H groups in total. The van der Waals surface area contributed by atoms with E-state index in [2.05, 4.69) is 42.2 Å². The third kappa shape index (κ3) is 3.55. The van der Waals surface area contributed by atoms with Crippen molar-refractivity contribution >= 4 is 39.6 Å². The molecule has 2 aromatic rings. The lowest BCUT2D eigenvalue weighted by Gasteiger charge is -2.28. The van der Waals surface area contributed by atoms with Gasteiger partial charge < -0.3 is 9.64 Å². The van der Waals surface area contributed by atoms with Gasteiger partial charge in [-0.25, -0.2) is 4.98 Å². The van der Waals surface area contributed by atoms with E-state index in [-0.39, 0.29) is 0 Å². The van der Waals surface area contributed by atoms with Crippen LogP contribution in [0.4, 0.5) is 0 Å². The number of aromatic nitrogens is 1. The molecule has 1 atom stereocenters. The Morgan fingerprint density at radius 1 is 1.29 bits per heavy atom. The fourth-order valence-corrected chi connectivity index (χ4v) is 5.28. The van der Waals surface area contributed by atoms with Crippen LogP contribution in [0.3, 0.4) is 0 Å². The quantitative estimate of drug-likeness (QED) is 0.785. The number of aryl methyl sites for hydroxylation is 1. The van der Waals surface area contributed by atoms with Crippen LogP contribution in [-0.4, -0.2) is 58.9 Å². The van der Waals surface area contributed by atoms with Crippen LogP contribution in [0, 0.1) is 6.92 Å². The summed E-state index contributed by atoms with van der Waals surface area (Å²) >= 11 is 3.76. The lowest BCUT2D eigenvalue weighted by Crippen LogP contribution is -2.39. The molecule has 0 aliphatic carbocycles. The maximum atomic E-state index is 5.42. The Morgan fingerprint density at radius 2 is 2.12 bits per heavy atom. The molecule has 126 valence electrons. The summed E-state index contributed by atoms with van der Waals surface area (Å²) in [7, 11) is 0. The minimum Gasteiger partial charge on any atom is -0.378 e. The van der Waals surface area contributed by atoms with Crippen molar-refractivity contribution in [2.45, 2.75) is 17.2 Å². The van der Waals surface area contributed by atoms with E-state index < -0.39 is 0 Å². The average Bonchev–Trinajstić information content (AvgIpc) is 3.10. The van der Waals surface area contributed by atoms with Gasteiger partial charge in [-0.15, -0.1) is 11.8 Å². The second-order valence-corrected chi connectivity index (χ2v) is 8.38. The summed E-state index contributed by atoms with van der Waals surface area (Å²) < 4.78 is 5.42.